The summed E-state index contributed by atoms with van der Waals surface area (Å²) in [5.74, 6) is -0.643. The summed E-state index contributed by atoms with van der Waals surface area (Å²) in [5.41, 5.74) is 2.77. The lowest BCUT2D eigenvalue weighted by molar-refractivity contribution is -0.141. The predicted octanol–water partition coefficient (Wildman–Crippen LogP) is 4.77. The van der Waals surface area contributed by atoms with Crippen molar-refractivity contribution in [1.29, 1.82) is 0 Å². The molecule has 1 atom stereocenters. The van der Waals surface area contributed by atoms with Crippen molar-refractivity contribution in [3.63, 3.8) is 0 Å². The van der Waals surface area contributed by atoms with E-state index in [4.69, 9.17) is 16.3 Å². The van der Waals surface area contributed by atoms with Crippen molar-refractivity contribution in [2.45, 2.75) is 26.0 Å². The summed E-state index contributed by atoms with van der Waals surface area (Å²) in [6.45, 7) is 1.93. The Balaban J connectivity index is 1.60. The molecule has 2 heterocycles. The van der Waals surface area contributed by atoms with Gasteiger partial charge in [0.05, 0.1) is 5.57 Å². The number of benzene rings is 2. The van der Waals surface area contributed by atoms with Crippen LogP contribution in [-0.2, 0) is 22.6 Å². The SMILES string of the molecule is CC1=C(C(=O)OCc2ccccc2)C(c2cccc(Cl)c2)N(C(=O)NCCc2ccncc2)C(=O)N1. The summed E-state index contributed by atoms with van der Waals surface area (Å²) in [6, 6.07) is 17.3. The lowest BCUT2D eigenvalue weighted by atomic mass is 9.94. The monoisotopic (exact) mass is 504 g/mol. The van der Waals surface area contributed by atoms with Gasteiger partial charge in [-0.1, -0.05) is 54.1 Å². The van der Waals surface area contributed by atoms with E-state index in [2.05, 4.69) is 15.6 Å². The molecule has 4 amide bonds. The summed E-state index contributed by atoms with van der Waals surface area (Å²) >= 11 is 6.23. The maximum absolute atomic E-state index is 13.3. The largest absolute Gasteiger partial charge is 0.457 e. The number of ether oxygens (including phenoxy) is 1. The molecule has 0 bridgehead atoms. The number of allylic oxidation sites excluding steroid dienone is 1. The second-order valence-electron chi connectivity index (χ2n) is 8.20. The van der Waals surface area contributed by atoms with Crippen LogP contribution >= 0.6 is 11.6 Å². The predicted molar refractivity (Wildman–Crippen MR) is 135 cm³/mol. The van der Waals surface area contributed by atoms with E-state index in [1.165, 1.54) is 0 Å². The number of nitrogens with one attached hydrogen (secondary N) is 2. The Hall–Kier alpha value is -4.17. The molecule has 0 saturated carbocycles. The van der Waals surface area contributed by atoms with E-state index < -0.39 is 24.1 Å². The average molecular weight is 505 g/mol. The number of pyridine rings is 1. The first-order valence-corrected chi connectivity index (χ1v) is 11.8. The minimum absolute atomic E-state index is 0.0464. The Morgan fingerprint density at radius 1 is 1.06 bits per heavy atom. The van der Waals surface area contributed by atoms with Gasteiger partial charge in [0.25, 0.3) is 0 Å². The van der Waals surface area contributed by atoms with E-state index in [0.29, 0.717) is 22.7 Å². The molecule has 0 radical (unpaired) electrons. The lowest BCUT2D eigenvalue weighted by Gasteiger charge is -2.36. The molecule has 0 aliphatic carbocycles. The Morgan fingerprint density at radius 2 is 1.81 bits per heavy atom. The molecular formula is C27H25ClN4O4. The zero-order valence-corrected chi connectivity index (χ0v) is 20.4. The molecule has 0 fully saturated rings. The molecule has 3 aromatic rings. The molecule has 1 aliphatic rings. The molecule has 1 aromatic heterocycles. The van der Waals surface area contributed by atoms with Crippen molar-refractivity contribution in [3.8, 4) is 0 Å². The van der Waals surface area contributed by atoms with Crippen molar-refractivity contribution in [1.82, 2.24) is 20.5 Å². The third-order valence-electron chi connectivity index (χ3n) is 5.70. The van der Waals surface area contributed by atoms with Gasteiger partial charge in [-0.05, 0) is 54.3 Å². The number of hydrogen-bond donors (Lipinski definition) is 2. The molecule has 0 saturated heterocycles. The number of nitrogens with zero attached hydrogens (tertiary/aromatic N) is 2. The normalized spacial score (nSPS) is 15.3. The fourth-order valence-corrected chi connectivity index (χ4v) is 4.15. The third kappa shape index (κ3) is 5.90. The number of esters is 1. The number of halogens is 1. The molecule has 2 aromatic carbocycles. The van der Waals surface area contributed by atoms with Crippen molar-refractivity contribution >= 4 is 29.6 Å². The first-order valence-electron chi connectivity index (χ1n) is 11.4. The average Bonchev–Trinajstić information content (AvgIpc) is 2.88. The first kappa shape index (κ1) is 24.9. The maximum atomic E-state index is 13.3. The van der Waals surface area contributed by atoms with Gasteiger partial charge in [-0.3, -0.25) is 4.98 Å². The van der Waals surface area contributed by atoms with Gasteiger partial charge < -0.3 is 15.4 Å². The molecule has 4 rings (SSSR count). The van der Waals surface area contributed by atoms with Gasteiger partial charge in [-0.15, -0.1) is 0 Å². The number of amides is 4. The van der Waals surface area contributed by atoms with Crippen LogP contribution in [0.2, 0.25) is 5.02 Å². The molecule has 8 nitrogen and oxygen atoms in total. The quantitative estimate of drug-likeness (QED) is 0.451. The summed E-state index contributed by atoms with van der Waals surface area (Å²) in [6.07, 6.45) is 3.89. The number of urea groups is 2. The molecule has 184 valence electrons. The molecular weight excluding hydrogens is 480 g/mol. The number of hydrogen-bond acceptors (Lipinski definition) is 5. The van der Waals surface area contributed by atoms with Crippen LogP contribution in [0.4, 0.5) is 9.59 Å². The van der Waals surface area contributed by atoms with Gasteiger partial charge in [0, 0.05) is 29.7 Å². The van der Waals surface area contributed by atoms with Crippen molar-refractivity contribution < 1.29 is 19.1 Å². The molecule has 36 heavy (non-hydrogen) atoms. The Kier molecular flexibility index (Phi) is 7.97. The minimum Gasteiger partial charge on any atom is -0.457 e. The molecule has 1 aliphatic heterocycles. The highest BCUT2D eigenvalue weighted by atomic mass is 35.5. The van der Waals surface area contributed by atoms with Gasteiger partial charge in [-0.2, -0.15) is 0 Å². The van der Waals surface area contributed by atoms with Crippen molar-refractivity contribution in [2.24, 2.45) is 0 Å². The van der Waals surface area contributed by atoms with E-state index >= 15 is 0 Å². The zero-order chi connectivity index (χ0) is 25.5. The van der Waals surface area contributed by atoms with Crippen LogP contribution in [0, 0.1) is 0 Å². The third-order valence-corrected chi connectivity index (χ3v) is 5.94. The topological polar surface area (TPSA) is 101 Å². The number of rotatable bonds is 7. The fraction of sp³-hybridized carbons (Fsp3) is 0.185. The van der Waals surface area contributed by atoms with Gasteiger partial charge >= 0.3 is 18.0 Å². The van der Waals surface area contributed by atoms with Crippen LogP contribution in [0.5, 0.6) is 0 Å². The Bertz CT molecular complexity index is 1280. The molecule has 2 N–H and O–H groups in total. The summed E-state index contributed by atoms with van der Waals surface area (Å²) in [5, 5.41) is 5.81. The Morgan fingerprint density at radius 3 is 2.53 bits per heavy atom. The van der Waals surface area contributed by atoms with Crippen molar-refractivity contribution in [2.75, 3.05) is 6.54 Å². The Labute approximate surface area is 213 Å². The van der Waals surface area contributed by atoms with E-state index in [1.54, 1.807) is 43.6 Å². The van der Waals surface area contributed by atoms with E-state index in [0.717, 1.165) is 16.0 Å². The molecule has 1 unspecified atom stereocenters. The highest BCUT2D eigenvalue weighted by Crippen LogP contribution is 2.35. The van der Waals surface area contributed by atoms with Crippen LogP contribution in [0.15, 0.2) is 90.4 Å². The summed E-state index contributed by atoms with van der Waals surface area (Å²) < 4.78 is 5.58. The second kappa shape index (κ2) is 11.5. The van der Waals surface area contributed by atoms with E-state index in [9.17, 15) is 14.4 Å². The van der Waals surface area contributed by atoms with Crippen LogP contribution in [-0.4, -0.2) is 34.5 Å². The standard InChI is InChI=1S/C27H25ClN4O4/c1-18-23(25(33)36-17-20-6-3-2-4-7-20)24(21-8-5-9-22(28)16-21)32(27(35)31-18)26(34)30-15-12-19-10-13-29-14-11-19/h2-11,13-14,16,24H,12,15,17H2,1H3,(H,30,34)(H,31,35). The summed E-state index contributed by atoms with van der Waals surface area (Å²) in [7, 11) is 0. The highest BCUT2D eigenvalue weighted by Gasteiger charge is 2.42. The zero-order valence-electron chi connectivity index (χ0n) is 19.6. The number of carbonyl (C=O) groups is 3. The van der Waals surface area contributed by atoms with Crippen molar-refractivity contribution in [3.05, 3.63) is 112 Å². The van der Waals surface area contributed by atoms with Crippen LogP contribution in [0.3, 0.4) is 0 Å². The number of imide groups is 1. The van der Waals surface area contributed by atoms with Gasteiger partial charge in [0.2, 0.25) is 0 Å². The fourth-order valence-electron chi connectivity index (χ4n) is 3.96. The van der Waals surface area contributed by atoms with Crippen LogP contribution < -0.4 is 10.6 Å². The highest BCUT2D eigenvalue weighted by molar-refractivity contribution is 6.30. The number of aromatic nitrogens is 1. The minimum atomic E-state index is -1.03. The van der Waals surface area contributed by atoms with E-state index in [1.807, 2.05) is 42.5 Å². The summed E-state index contributed by atoms with van der Waals surface area (Å²) in [4.78, 5) is 44.5. The smallest absolute Gasteiger partial charge is 0.338 e. The van der Waals surface area contributed by atoms with Gasteiger partial charge in [0.1, 0.15) is 12.6 Å². The van der Waals surface area contributed by atoms with Gasteiger partial charge in [0.15, 0.2) is 0 Å². The molecule has 0 spiro atoms. The molecule has 9 heteroatoms. The van der Waals surface area contributed by atoms with Crippen LogP contribution in [0.1, 0.15) is 29.7 Å². The maximum Gasteiger partial charge on any atom is 0.338 e. The van der Waals surface area contributed by atoms with Gasteiger partial charge in [-0.25, -0.2) is 19.3 Å². The van der Waals surface area contributed by atoms with E-state index in [-0.39, 0.29) is 18.7 Å². The lowest BCUT2D eigenvalue weighted by Crippen LogP contribution is -2.54. The number of carbonyl (C=O) groups excluding carboxylic acids is 3. The first-order chi connectivity index (χ1) is 17.4. The second-order valence-corrected chi connectivity index (χ2v) is 8.63. The van der Waals surface area contributed by atoms with Crippen LogP contribution in [0.25, 0.3) is 0 Å².